The quantitative estimate of drug-likeness (QED) is 0.533. The van der Waals surface area contributed by atoms with Gasteiger partial charge in [-0.1, -0.05) is 25.1 Å². The van der Waals surface area contributed by atoms with Gasteiger partial charge >= 0.3 is 9.46 Å². The van der Waals surface area contributed by atoms with Crippen LogP contribution in [0.5, 0.6) is 0 Å². The third-order valence-corrected chi connectivity index (χ3v) is 4.07. The van der Waals surface area contributed by atoms with E-state index in [1.807, 2.05) is 39.0 Å². The molecule has 1 unspecified atom stereocenters. The highest BCUT2D eigenvalue weighted by molar-refractivity contribution is 6.45. The summed E-state index contributed by atoms with van der Waals surface area (Å²) >= 11 is 0. The highest BCUT2D eigenvalue weighted by Crippen LogP contribution is 2.29. The van der Waals surface area contributed by atoms with Crippen LogP contribution in [-0.2, 0) is 0 Å². The first kappa shape index (κ1) is 11.4. The molecule has 0 saturated carbocycles. The summed E-state index contributed by atoms with van der Waals surface area (Å²) in [6.07, 6.45) is 0.551. The van der Waals surface area contributed by atoms with Crippen LogP contribution in [0.15, 0.2) is 18.2 Å². The van der Waals surface area contributed by atoms with Crippen molar-refractivity contribution in [3.63, 3.8) is 0 Å². The van der Waals surface area contributed by atoms with E-state index in [1.54, 1.807) is 0 Å². The fourth-order valence-corrected chi connectivity index (χ4v) is 3.05. The van der Waals surface area contributed by atoms with Crippen LogP contribution in [0, 0.1) is 13.8 Å². The van der Waals surface area contributed by atoms with Crippen molar-refractivity contribution in [1.82, 2.24) is 0 Å². The molecule has 3 heteroatoms. The first-order chi connectivity index (χ1) is 6.57. The SMILES string of the molecule is CCC(c1c(C)cccc1C)[SiH](F)F. The number of benzene rings is 1. The first-order valence-corrected chi connectivity index (χ1v) is 6.46. The lowest BCUT2D eigenvalue weighted by molar-refractivity contribution is 0.600. The molecule has 1 atom stereocenters. The average Bonchev–Trinajstić information content (AvgIpc) is 2.10. The van der Waals surface area contributed by atoms with E-state index in [0.717, 1.165) is 16.7 Å². The number of aryl methyl sites for hydroxylation is 2. The van der Waals surface area contributed by atoms with E-state index in [4.69, 9.17) is 0 Å². The zero-order valence-corrected chi connectivity index (χ0v) is 10.0. The molecule has 0 saturated heterocycles. The maximum atomic E-state index is 12.9. The summed E-state index contributed by atoms with van der Waals surface area (Å²) in [7, 11) is -3.57. The Morgan fingerprint density at radius 3 is 2.07 bits per heavy atom. The van der Waals surface area contributed by atoms with Gasteiger partial charge in [0.05, 0.1) is 0 Å². The fraction of sp³-hybridized carbons (Fsp3) is 0.455. The van der Waals surface area contributed by atoms with Crippen molar-refractivity contribution < 1.29 is 8.22 Å². The van der Waals surface area contributed by atoms with Crippen molar-refractivity contribution >= 4 is 9.46 Å². The van der Waals surface area contributed by atoms with Gasteiger partial charge in [0.1, 0.15) is 0 Å². The number of halogens is 2. The second kappa shape index (κ2) is 4.69. The Balaban J connectivity index is 3.15. The minimum absolute atomic E-state index is 0.476. The number of hydrogen-bond donors (Lipinski definition) is 0. The van der Waals surface area contributed by atoms with Crippen LogP contribution >= 0.6 is 0 Å². The summed E-state index contributed by atoms with van der Waals surface area (Å²) in [5, 5.41) is 0. The van der Waals surface area contributed by atoms with Gasteiger partial charge in [-0.2, -0.15) is 0 Å². The molecule has 0 aliphatic carbocycles. The maximum Gasteiger partial charge on any atom is 0.418 e. The average molecular weight is 214 g/mol. The van der Waals surface area contributed by atoms with E-state index in [0.29, 0.717) is 6.42 Å². The predicted octanol–water partition coefficient (Wildman–Crippen LogP) is 3.50. The zero-order valence-electron chi connectivity index (χ0n) is 8.85. The molecule has 0 fully saturated rings. The van der Waals surface area contributed by atoms with E-state index in [1.165, 1.54) is 0 Å². The second-order valence-corrected chi connectivity index (χ2v) is 5.13. The van der Waals surface area contributed by atoms with Crippen molar-refractivity contribution in [3.05, 3.63) is 34.9 Å². The highest BCUT2D eigenvalue weighted by atomic mass is 28.4. The van der Waals surface area contributed by atoms with Gasteiger partial charge in [0.15, 0.2) is 0 Å². The lowest BCUT2D eigenvalue weighted by atomic mass is 9.98. The minimum Gasteiger partial charge on any atom is -0.274 e. The van der Waals surface area contributed by atoms with Crippen LogP contribution in [0.3, 0.4) is 0 Å². The smallest absolute Gasteiger partial charge is 0.274 e. The molecule has 0 amide bonds. The van der Waals surface area contributed by atoms with Crippen LogP contribution in [-0.4, -0.2) is 9.46 Å². The summed E-state index contributed by atoms with van der Waals surface area (Å²) in [5.41, 5.74) is 2.42. The van der Waals surface area contributed by atoms with E-state index >= 15 is 0 Å². The summed E-state index contributed by atoms with van der Waals surface area (Å²) in [5.74, 6) is 0. The van der Waals surface area contributed by atoms with Gasteiger partial charge in [-0.25, -0.2) is 0 Å². The van der Waals surface area contributed by atoms with Gasteiger partial charge in [-0.05, 0) is 37.0 Å². The summed E-state index contributed by atoms with van der Waals surface area (Å²) in [6, 6.07) is 5.76. The van der Waals surface area contributed by atoms with Crippen molar-refractivity contribution in [2.75, 3.05) is 0 Å². The molecule has 0 radical (unpaired) electrons. The molecule has 14 heavy (non-hydrogen) atoms. The Kier molecular flexibility index (Phi) is 3.81. The standard InChI is InChI=1S/C11H16F2Si/c1-4-10(14(12)13)11-8(2)6-5-7-9(11)3/h5-7,10,14H,4H2,1-3H3. The Morgan fingerprint density at radius 1 is 1.21 bits per heavy atom. The largest absolute Gasteiger partial charge is 0.418 e. The third-order valence-electron chi connectivity index (χ3n) is 2.66. The Bertz CT molecular complexity index is 290. The van der Waals surface area contributed by atoms with E-state index in [-0.39, 0.29) is 0 Å². The van der Waals surface area contributed by atoms with Crippen LogP contribution < -0.4 is 0 Å². The fourth-order valence-electron chi connectivity index (χ4n) is 1.92. The summed E-state index contributed by atoms with van der Waals surface area (Å²) in [4.78, 5) is 0. The van der Waals surface area contributed by atoms with Gasteiger partial charge in [0.2, 0.25) is 0 Å². The van der Waals surface area contributed by atoms with Crippen LogP contribution in [0.25, 0.3) is 0 Å². The van der Waals surface area contributed by atoms with Crippen molar-refractivity contribution in [2.24, 2.45) is 0 Å². The molecular weight excluding hydrogens is 198 g/mol. The predicted molar refractivity (Wildman–Crippen MR) is 58.3 cm³/mol. The lowest BCUT2D eigenvalue weighted by Gasteiger charge is -2.18. The molecule has 0 aromatic heterocycles. The highest BCUT2D eigenvalue weighted by Gasteiger charge is 2.26. The lowest BCUT2D eigenvalue weighted by Crippen LogP contribution is -2.15. The molecule has 1 aromatic rings. The monoisotopic (exact) mass is 214 g/mol. The molecule has 0 bridgehead atoms. The van der Waals surface area contributed by atoms with Gasteiger partial charge in [0, 0.05) is 5.54 Å². The molecule has 0 nitrogen and oxygen atoms in total. The molecule has 0 spiro atoms. The normalized spacial score (nSPS) is 13.3. The van der Waals surface area contributed by atoms with Crippen molar-refractivity contribution in [2.45, 2.75) is 32.7 Å². The van der Waals surface area contributed by atoms with Gasteiger partial charge in [-0.3, -0.25) is 8.22 Å². The Hall–Kier alpha value is -0.703. The van der Waals surface area contributed by atoms with Gasteiger partial charge < -0.3 is 0 Å². The van der Waals surface area contributed by atoms with E-state index in [9.17, 15) is 8.22 Å². The van der Waals surface area contributed by atoms with Gasteiger partial charge in [0.25, 0.3) is 0 Å². The topological polar surface area (TPSA) is 0 Å². The number of rotatable bonds is 3. The summed E-state index contributed by atoms with van der Waals surface area (Å²) < 4.78 is 25.8. The molecule has 1 rings (SSSR count). The van der Waals surface area contributed by atoms with Crippen LogP contribution in [0.4, 0.5) is 8.22 Å². The van der Waals surface area contributed by atoms with Crippen LogP contribution in [0.1, 0.15) is 35.6 Å². The van der Waals surface area contributed by atoms with E-state index in [2.05, 4.69) is 0 Å². The molecule has 0 heterocycles. The molecule has 0 N–H and O–H groups in total. The second-order valence-electron chi connectivity index (χ2n) is 3.65. The molecule has 78 valence electrons. The zero-order chi connectivity index (χ0) is 10.7. The molecule has 0 aliphatic heterocycles. The third kappa shape index (κ3) is 2.21. The van der Waals surface area contributed by atoms with Gasteiger partial charge in [-0.15, -0.1) is 0 Å². The van der Waals surface area contributed by atoms with Crippen molar-refractivity contribution in [1.29, 1.82) is 0 Å². The number of hydrogen-bond acceptors (Lipinski definition) is 0. The molecular formula is C11H16F2Si. The maximum absolute atomic E-state index is 12.9. The van der Waals surface area contributed by atoms with Crippen molar-refractivity contribution in [3.8, 4) is 0 Å². The van der Waals surface area contributed by atoms with E-state index < -0.39 is 15.0 Å². The van der Waals surface area contributed by atoms with Crippen LogP contribution in [0.2, 0.25) is 0 Å². The molecule has 0 aliphatic rings. The molecule has 1 aromatic carbocycles. The Morgan fingerprint density at radius 2 is 1.71 bits per heavy atom. The summed E-state index contributed by atoms with van der Waals surface area (Å²) in [6.45, 7) is 5.68. The Labute approximate surface area is 85.9 Å². The first-order valence-electron chi connectivity index (χ1n) is 4.92. The minimum atomic E-state index is -3.57.